The van der Waals surface area contributed by atoms with Crippen LogP contribution in [0.3, 0.4) is 0 Å². The fourth-order valence-corrected chi connectivity index (χ4v) is 2.68. The number of nitrogens with two attached hydrogens (primary N) is 1. The molecule has 1 aliphatic rings. The molecule has 0 aliphatic carbocycles. The summed E-state index contributed by atoms with van der Waals surface area (Å²) >= 11 is 0. The van der Waals surface area contributed by atoms with Crippen LogP contribution in [0.4, 0.5) is 5.69 Å². The first-order valence-electron chi connectivity index (χ1n) is 8.15. The summed E-state index contributed by atoms with van der Waals surface area (Å²) in [6.07, 6.45) is 0.328. The fourth-order valence-electron chi connectivity index (χ4n) is 2.68. The molecular formula is C19H22N2O4. The molecule has 0 spiro atoms. The Morgan fingerprint density at radius 2 is 1.84 bits per heavy atom. The molecule has 0 atom stereocenters. The Kier molecular flexibility index (Phi) is 5.40. The number of benzene rings is 2. The van der Waals surface area contributed by atoms with Crippen molar-refractivity contribution in [2.24, 2.45) is 0 Å². The van der Waals surface area contributed by atoms with Crippen LogP contribution in [0.2, 0.25) is 0 Å². The zero-order chi connectivity index (χ0) is 17.6. The van der Waals surface area contributed by atoms with Gasteiger partial charge in [-0.15, -0.1) is 0 Å². The summed E-state index contributed by atoms with van der Waals surface area (Å²) in [5.41, 5.74) is 8.31. The van der Waals surface area contributed by atoms with E-state index in [0.29, 0.717) is 31.8 Å². The van der Waals surface area contributed by atoms with Gasteiger partial charge in [0.2, 0.25) is 12.7 Å². The lowest BCUT2D eigenvalue weighted by Crippen LogP contribution is -2.34. The van der Waals surface area contributed by atoms with Gasteiger partial charge in [0.25, 0.3) is 0 Å². The predicted molar refractivity (Wildman–Crippen MR) is 94.4 cm³/mol. The summed E-state index contributed by atoms with van der Waals surface area (Å²) in [6.45, 7) is 1.74. The molecule has 3 rings (SSSR count). The van der Waals surface area contributed by atoms with Crippen LogP contribution in [0.1, 0.15) is 11.1 Å². The molecule has 0 saturated heterocycles. The number of hydrogen-bond donors (Lipinski definition) is 1. The third kappa shape index (κ3) is 4.42. The van der Waals surface area contributed by atoms with Crippen molar-refractivity contribution in [1.29, 1.82) is 0 Å². The van der Waals surface area contributed by atoms with E-state index in [-0.39, 0.29) is 12.7 Å². The zero-order valence-corrected chi connectivity index (χ0v) is 14.2. The first-order chi connectivity index (χ1) is 12.2. The minimum atomic E-state index is 0.0412. The molecule has 1 amide bonds. The fraction of sp³-hybridized carbons (Fsp3) is 0.316. The maximum atomic E-state index is 12.7. The van der Waals surface area contributed by atoms with Crippen molar-refractivity contribution < 1.29 is 19.0 Å². The van der Waals surface area contributed by atoms with Gasteiger partial charge >= 0.3 is 0 Å². The van der Waals surface area contributed by atoms with Crippen LogP contribution in [0.15, 0.2) is 42.5 Å². The first kappa shape index (κ1) is 17.1. The Labute approximate surface area is 147 Å². The van der Waals surface area contributed by atoms with E-state index >= 15 is 0 Å². The number of nitrogens with zero attached hydrogens (tertiary/aromatic N) is 1. The van der Waals surface area contributed by atoms with Gasteiger partial charge in [0.1, 0.15) is 0 Å². The van der Waals surface area contributed by atoms with Gasteiger partial charge in [-0.3, -0.25) is 4.79 Å². The van der Waals surface area contributed by atoms with Crippen molar-refractivity contribution in [2.45, 2.75) is 13.0 Å². The molecule has 2 N–H and O–H groups in total. The SMILES string of the molecule is COCCN(Cc1ccc2c(c1)OCO2)C(=O)Cc1ccc(N)cc1. The largest absolute Gasteiger partial charge is 0.454 e. The predicted octanol–water partition coefficient (Wildman–Crippen LogP) is 2.22. The molecule has 2 aromatic rings. The van der Waals surface area contributed by atoms with Gasteiger partial charge in [0.05, 0.1) is 13.0 Å². The Morgan fingerprint density at radius 1 is 1.12 bits per heavy atom. The van der Waals surface area contributed by atoms with Gasteiger partial charge in [-0.05, 0) is 35.4 Å². The second-order valence-electron chi connectivity index (χ2n) is 5.91. The van der Waals surface area contributed by atoms with Crippen molar-refractivity contribution >= 4 is 11.6 Å². The Bertz CT molecular complexity index is 731. The number of rotatable bonds is 7. The number of hydrogen-bond acceptors (Lipinski definition) is 5. The van der Waals surface area contributed by atoms with Crippen LogP contribution < -0.4 is 15.2 Å². The maximum absolute atomic E-state index is 12.7. The minimum absolute atomic E-state index is 0.0412. The number of amides is 1. The highest BCUT2D eigenvalue weighted by atomic mass is 16.7. The second-order valence-corrected chi connectivity index (χ2v) is 5.91. The average Bonchev–Trinajstić information content (AvgIpc) is 3.08. The molecular weight excluding hydrogens is 320 g/mol. The molecule has 0 aromatic heterocycles. The number of fused-ring (bicyclic) bond motifs is 1. The van der Waals surface area contributed by atoms with Gasteiger partial charge in [-0.1, -0.05) is 18.2 Å². The van der Waals surface area contributed by atoms with E-state index < -0.39 is 0 Å². The highest BCUT2D eigenvalue weighted by Crippen LogP contribution is 2.32. The van der Waals surface area contributed by atoms with Crippen molar-refractivity contribution in [1.82, 2.24) is 4.90 Å². The number of carbonyl (C=O) groups is 1. The highest BCUT2D eigenvalue weighted by Gasteiger charge is 2.18. The van der Waals surface area contributed by atoms with Gasteiger partial charge in [-0.2, -0.15) is 0 Å². The highest BCUT2D eigenvalue weighted by molar-refractivity contribution is 5.79. The Morgan fingerprint density at radius 3 is 2.60 bits per heavy atom. The summed E-state index contributed by atoms with van der Waals surface area (Å²) in [7, 11) is 1.63. The van der Waals surface area contributed by atoms with Crippen LogP contribution in [0.5, 0.6) is 11.5 Å². The average molecular weight is 342 g/mol. The lowest BCUT2D eigenvalue weighted by molar-refractivity contribution is -0.131. The summed E-state index contributed by atoms with van der Waals surface area (Å²) in [5.74, 6) is 1.50. The summed E-state index contributed by atoms with van der Waals surface area (Å²) in [6, 6.07) is 13.1. The van der Waals surface area contributed by atoms with Crippen molar-refractivity contribution in [3.8, 4) is 11.5 Å². The summed E-state index contributed by atoms with van der Waals surface area (Å²) in [5, 5.41) is 0. The normalized spacial score (nSPS) is 12.2. The van der Waals surface area contributed by atoms with Gasteiger partial charge < -0.3 is 24.8 Å². The van der Waals surface area contributed by atoms with E-state index in [1.165, 1.54) is 0 Å². The lowest BCUT2D eigenvalue weighted by atomic mass is 10.1. The monoisotopic (exact) mass is 342 g/mol. The van der Waals surface area contributed by atoms with E-state index in [1.807, 2.05) is 30.3 Å². The number of ether oxygens (including phenoxy) is 3. The molecule has 1 aliphatic heterocycles. The van der Waals surface area contributed by atoms with Crippen LogP contribution in [-0.2, 0) is 22.5 Å². The van der Waals surface area contributed by atoms with E-state index in [9.17, 15) is 4.79 Å². The summed E-state index contributed by atoms with van der Waals surface area (Å²) in [4.78, 5) is 14.5. The topological polar surface area (TPSA) is 74.0 Å². The standard InChI is InChI=1S/C19H22N2O4/c1-23-9-8-21(19(22)11-14-2-5-16(20)6-3-14)12-15-4-7-17-18(10-15)25-13-24-17/h2-7,10H,8-9,11-13,20H2,1H3. The molecule has 1 heterocycles. The van der Waals surface area contributed by atoms with Crippen molar-refractivity contribution in [2.75, 3.05) is 32.8 Å². The molecule has 6 heteroatoms. The molecule has 132 valence electrons. The third-order valence-corrected chi connectivity index (χ3v) is 4.06. The van der Waals surface area contributed by atoms with Crippen LogP contribution >= 0.6 is 0 Å². The molecule has 0 saturated carbocycles. The van der Waals surface area contributed by atoms with Gasteiger partial charge in [0.15, 0.2) is 11.5 Å². The Balaban J connectivity index is 1.69. The molecule has 2 aromatic carbocycles. The van der Waals surface area contributed by atoms with Crippen LogP contribution in [-0.4, -0.2) is 37.9 Å². The maximum Gasteiger partial charge on any atom is 0.231 e. The van der Waals surface area contributed by atoms with Crippen molar-refractivity contribution in [3.05, 3.63) is 53.6 Å². The van der Waals surface area contributed by atoms with Crippen LogP contribution in [0.25, 0.3) is 0 Å². The quantitative estimate of drug-likeness (QED) is 0.781. The molecule has 6 nitrogen and oxygen atoms in total. The number of anilines is 1. The van der Waals surface area contributed by atoms with Crippen LogP contribution in [0, 0.1) is 0 Å². The molecule has 25 heavy (non-hydrogen) atoms. The van der Waals surface area contributed by atoms with E-state index in [2.05, 4.69) is 0 Å². The van der Waals surface area contributed by atoms with E-state index in [4.69, 9.17) is 19.9 Å². The molecule has 0 unspecified atom stereocenters. The first-order valence-corrected chi connectivity index (χ1v) is 8.15. The second kappa shape index (κ2) is 7.90. The smallest absolute Gasteiger partial charge is 0.231 e. The lowest BCUT2D eigenvalue weighted by Gasteiger charge is -2.23. The van der Waals surface area contributed by atoms with Gasteiger partial charge in [0, 0.05) is 25.9 Å². The zero-order valence-electron chi connectivity index (χ0n) is 14.2. The number of carbonyl (C=O) groups excluding carboxylic acids is 1. The molecule has 0 fully saturated rings. The minimum Gasteiger partial charge on any atom is -0.454 e. The Hall–Kier alpha value is -2.73. The van der Waals surface area contributed by atoms with E-state index in [1.54, 1.807) is 24.1 Å². The molecule has 0 radical (unpaired) electrons. The number of methoxy groups -OCH3 is 1. The van der Waals surface area contributed by atoms with E-state index in [0.717, 1.165) is 22.6 Å². The summed E-state index contributed by atoms with van der Waals surface area (Å²) < 4.78 is 15.9. The van der Waals surface area contributed by atoms with Gasteiger partial charge in [-0.25, -0.2) is 0 Å². The van der Waals surface area contributed by atoms with Crippen molar-refractivity contribution in [3.63, 3.8) is 0 Å². The third-order valence-electron chi connectivity index (χ3n) is 4.06. The number of nitrogen functional groups attached to an aromatic ring is 1. The molecule has 0 bridgehead atoms.